The minimum atomic E-state index is -1.17. The van der Waals surface area contributed by atoms with E-state index in [0.29, 0.717) is 6.61 Å². The zero-order chi connectivity index (χ0) is 14.8. The third-order valence-electron chi connectivity index (χ3n) is 3.21. The van der Waals surface area contributed by atoms with Crippen LogP contribution in [0.15, 0.2) is 42.5 Å². The lowest BCUT2D eigenvalue weighted by Gasteiger charge is -2.11. The van der Waals surface area contributed by atoms with Crippen molar-refractivity contribution in [1.82, 2.24) is 10.3 Å². The summed E-state index contributed by atoms with van der Waals surface area (Å²) in [4.78, 5) is 26.9. The lowest BCUT2D eigenvalue weighted by Crippen LogP contribution is -2.30. The Bertz CT molecular complexity index is 714. The summed E-state index contributed by atoms with van der Waals surface area (Å²) in [6, 6.07) is 11.5. The van der Waals surface area contributed by atoms with E-state index in [0.717, 1.165) is 11.3 Å². The standard InChI is InChI=1S/C15H12N2O4/c18-14(10-5-3-6-11(16-10)15(19)20)17-12-8-21-13-7-2-1-4-9(12)13/h1-7,12H,8H2,(H,17,18)(H,19,20). The van der Waals surface area contributed by atoms with Crippen molar-refractivity contribution in [3.63, 3.8) is 0 Å². The second-order valence-electron chi connectivity index (χ2n) is 4.59. The van der Waals surface area contributed by atoms with E-state index in [4.69, 9.17) is 9.84 Å². The number of amides is 1. The molecule has 21 heavy (non-hydrogen) atoms. The van der Waals surface area contributed by atoms with E-state index in [1.807, 2.05) is 24.3 Å². The lowest BCUT2D eigenvalue weighted by molar-refractivity contribution is 0.0690. The molecule has 106 valence electrons. The fourth-order valence-corrected chi connectivity index (χ4v) is 2.19. The van der Waals surface area contributed by atoms with Crippen LogP contribution in [0.5, 0.6) is 5.75 Å². The van der Waals surface area contributed by atoms with Crippen LogP contribution in [0.25, 0.3) is 0 Å². The molecular weight excluding hydrogens is 272 g/mol. The van der Waals surface area contributed by atoms with Gasteiger partial charge in [0.2, 0.25) is 0 Å². The van der Waals surface area contributed by atoms with Crippen LogP contribution in [0.4, 0.5) is 0 Å². The molecule has 1 aromatic carbocycles. The van der Waals surface area contributed by atoms with Crippen molar-refractivity contribution in [3.05, 3.63) is 59.4 Å². The number of aromatic nitrogens is 1. The van der Waals surface area contributed by atoms with Gasteiger partial charge in [0.15, 0.2) is 0 Å². The Labute approximate surface area is 120 Å². The van der Waals surface area contributed by atoms with Crippen molar-refractivity contribution in [2.45, 2.75) is 6.04 Å². The molecule has 3 rings (SSSR count). The van der Waals surface area contributed by atoms with Crippen molar-refractivity contribution in [2.75, 3.05) is 6.61 Å². The van der Waals surface area contributed by atoms with E-state index in [9.17, 15) is 9.59 Å². The summed E-state index contributed by atoms with van der Waals surface area (Å²) < 4.78 is 5.48. The Morgan fingerprint density at radius 3 is 2.71 bits per heavy atom. The van der Waals surface area contributed by atoms with Crippen LogP contribution >= 0.6 is 0 Å². The summed E-state index contributed by atoms with van der Waals surface area (Å²) in [5, 5.41) is 11.7. The van der Waals surface area contributed by atoms with E-state index < -0.39 is 11.9 Å². The number of benzene rings is 1. The van der Waals surface area contributed by atoms with Gasteiger partial charge in [-0.15, -0.1) is 0 Å². The maximum atomic E-state index is 12.2. The van der Waals surface area contributed by atoms with Gasteiger partial charge in [0.25, 0.3) is 5.91 Å². The molecule has 1 aliphatic heterocycles. The summed E-state index contributed by atoms with van der Waals surface area (Å²) >= 11 is 0. The number of carboxylic acid groups (broad SMARTS) is 1. The minimum absolute atomic E-state index is 0.0688. The first kappa shape index (κ1) is 13.1. The smallest absolute Gasteiger partial charge is 0.354 e. The van der Waals surface area contributed by atoms with E-state index in [1.165, 1.54) is 18.2 Å². The highest BCUT2D eigenvalue weighted by molar-refractivity contribution is 5.94. The Morgan fingerprint density at radius 2 is 1.90 bits per heavy atom. The molecule has 0 spiro atoms. The van der Waals surface area contributed by atoms with Gasteiger partial charge in [-0.25, -0.2) is 9.78 Å². The van der Waals surface area contributed by atoms with Crippen LogP contribution in [0.2, 0.25) is 0 Å². The molecule has 2 heterocycles. The third-order valence-corrected chi connectivity index (χ3v) is 3.21. The molecule has 0 saturated carbocycles. The van der Waals surface area contributed by atoms with Crippen LogP contribution in [-0.2, 0) is 0 Å². The molecule has 0 radical (unpaired) electrons. The Balaban J connectivity index is 1.79. The number of ether oxygens (including phenoxy) is 1. The number of fused-ring (bicyclic) bond motifs is 1. The summed E-state index contributed by atoms with van der Waals surface area (Å²) in [7, 11) is 0. The average Bonchev–Trinajstić information content (AvgIpc) is 2.91. The highest BCUT2D eigenvalue weighted by Crippen LogP contribution is 2.31. The number of hydrogen-bond donors (Lipinski definition) is 2. The van der Waals surface area contributed by atoms with Crippen molar-refractivity contribution in [1.29, 1.82) is 0 Å². The number of nitrogens with one attached hydrogen (secondary N) is 1. The third kappa shape index (κ3) is 2.55. The number of carbonyl (C=O) groups excluding carboxylic acids is 1. The van der Waals surface area contributed by atoms with E-state index in [2.05, 4.69) is 10.3 Å². The molecule has 1 amide bonds. The Morgan fingerprint density at radius 1 is 1.14 bits per heavy atom. The monoisotopic (exact) mass is 284 g/mol. The van der Waals surface area contributed by atoms with Crippen LogP contribution in [0, 0.1) is 0 Å². The quantitative estimate of drug-likeness (QED) is 0.894. The van der Waals surface area contributed by atoms with E-state index in [1.54, 1.807) is 0 Å². The van der Waals surface area contributed by atoms with Crippen molar-refractivity contribution < 1.29 is 19.4 Å². The van der Waals surface area contributed by atoms with Crippen molar-refractivity contribution in [3.8, 4) is 5.75 Å². The first-order valence-corrected chi connectivity index (χ1v) is 6.38. The van der Waals surface area contributed by atoms with Gasteiger partial charge in [-0.05, 0) is 18.2 Å². The molecule has 6 heteroatoms. The molecule has 1 unspecified atom stereocenters. The van der Waals surface area contributed by atoms with Crippen molar-refractivity contribution >= 4 is 11.9 Å². The van der Waals surface area contributed by atoms with Crippen LogP contribution in [-0.4, -0.2) is 28.6 Å². The highest BCUT2D eigenvalue weighted by atomic mass is 16.5. The number of carboxylic acids is 1. The zero-order valence-corrected chi connectivity index (χ0v) is 10.9. The summed E-state index contributed by atoms with van der Waals surface area (Å²) in [5.41, 5.74) is 0.810. The van der Waals surface area contributed by atoms with Crippen LogP contribution < -0.4 is 10.1 Å². The van der Waals surface area contributed by atoms with Gasteiger partial charge in [-0.2, -0.15) is 0 Å². The number of hydrogen-bond acceptors (Lipinski definition) is 4. The molecule has 1 aromatic heterocycles. The average molecular weight is 284 g/mol. The number of nitrogens with zero attached hydrogens (tertiary/aromatic N) is 1. The van der Waals surface area contributed by atoms with Gasteiger partial charge in [0.1, 0.15) is 23.7 Å². The maximum Gasteiger partial charge on any atom is 0.354 e. The summed E-state index contributed by atoms with van der Waals surface area (Å²) in [6.45, 7) is 0.351. The molecule has 2 aromatic rings. The van der Waals surface area contributed by atoms with E-state index >= 15 is 0 Å². The Kier molecular flexibility index (Phi) is 3.27. The summed E-state index contributed by atoms with van der Waals surface area (Å²) in [5.74, 6) is -0.849. The van der Waals surface area contributed by atoms with Gasteiger partial charge in [-0.1, -0.05) is 24.3 Å². The normalized spacial score (nSPS) is 15.9. The van der Waals surface area contributed by atoms with Crippen molar-refractivity contribution in [2.24, 2.45) is 0 Å². The lowest BCUT2D eigenvalue weighted by atomic mass is 10.1. The minimum Gasteiger partial charge on any atom is -0.491 e. The SMILES string of the molecule is O=C(O)c1cccc(C(=O)NC2COc3ccccc32)n1. The molecule has 0 aliphatic carbocycles. The number of pyridine rings is 1. The zero-order valence-electron chi connectivity index (χ0n) is 10.9. The second kappa shape index (κ2) is 5.24. The summed E-state index contributed by atoms with van der Waals surface area (Å²) in [6.07, 6.45) is 0. The second-order valence-corrected chi connectivity index (χ2v) is 4.59. The molecule has 6 nitrogen and oxygen atoms in total. The number of carbonyl (C=O) groups is 2. The van der Waals surface area contributed by atoms with Crippen LogP contribution in [0.1, 0.15) is 32.6 Å². The topological polar surface area (TPSA) is 88.5 Å². The number of para-hydroxylation sites is 1. The van der Waals surface area contributed by atoms with Gasteiger partial charge < -0.3 is 15.2 Å². The van der Waals surface area contributed by atoms with Gasteiger partial charge in [0, 0.05) is 5.56 Å². The first-order valence-electron chi connectivity index (χ1n) is 6.38. The molecule has 0 bridgehead atoms. The molecular formula is C15H12N2O4. The largest absolute Gasteiger partial charge is 0.491 e. The molecule has 0 fully saturated rings. The predicted octanol–water partition coefficient (Wildman–Crippen LogP) is 1.64. The van der Waals surface area contributed by atoms with Gasteiger partial charge in [0.05, 0.1) is 6.04 Å². The van der Waals surface area contributed by atoms with Gasteiger partial charge in [-0.3, -0.25) is 4.79 Å². The molecule has 1 atom stereocenters. The fourth-order valence-electron chi connectivity index (χ4n) is 2.19. The van der Waals surface area contributed by atoms with E-state index in [-0.39, 0.29) is 17.4 Å². The number of aromatic carboxylic acids is 1. The predicted molar refractivity (Wildman–Crippen MR) is 73.3 cm³/mol. The first-order chi connectivity index (χ1) is 10.1. The molecule has 1 aliphatic rings. The van der Waals surface area contributed by atoms with Crippen LogP contribution in [0.3, 0.4) is 0 Å². The number of rotatable bonds is 3. The molecule has 2 N–H and O–H groups in total. The van der Waals surface area contributed by atoms with Gasteiger partial charge >= 0.3 is 5.97 Å². The fraction of sp³-hybridized carbons (Fsp3) is 0.133. The molecule has 0 saturated heterocycles. The maximum absolute atomic E-state index is 12.2. The highest BCUT2D eigenvalue weighted by Gasteiger charge is 2.26. The Hall–Kier alpha value is -2.89.